The summed E-state index contributed by atoms with van der Waals surface area (Å²) in [5.74, 6) is -0.403. The van der Waals surface area contributed by atoms with Crippen LogP contribution in [-0.2, 0) is 16.4 Å². The van der Waals surface area contributed by atoms with Crippen molar-refractivity contribution in [2.24, 2.45) is 0 Å². The van der Waals surface area contributed by atoms with E-state index in [9.17, 15) is 13.2 Å². The molecule has 0 aliphatic carbocycles. The first-order valence-electron chi connectivity index (χ1n) is 11.6. The number of halogens is 1. The number of para-hydroxylation sites is 2. The summed E-state index contributed by atoms with van der Waals surface area (Å²) in [6, 6.07) is 28.2. The van der Waals surface area contributed by atoms with E-state index in [1.165, 1.54) is 32.7 Å². The highest BCUT2D eigenvalue weighted by atomic mass is 35.5. The van der Waals surface area contributed by atoms with Gasteiger partial charge in [-0.2, -0.15) is 0 Å². The Bertz CT molecular complexity index is 1730. The van der Waals surface area contributed by atoms with Gasteiger partial charge in [-0.05, 0) is 66.6 Å². The molecule has 37 heavy (non-hydrogen) atoms. The molecule has 0 saturated heterocycles. The molecule has 0 radical (unpaired) electrons. The lowest BCUT2D eigenvalue weighted by Crippen LogP contribution is -2.30. The Balaban J connectivity index is 1.42. The molecule has 9 heteroatoms. The van der Waals surface area contributed by atoms with Gasteiger partial charge >= 0.3 is 0 Å². The summed E-state index contributed by atoms with van der Waals surface area (Å²) in [6.07, 6.45) is 0.647. The zero-order valence-electron chi connectivity index (χ0n) is 19.4. The number of fused-ring (bicyclic) bond motifs is 2. The number of amides is 1. The van der Waals surface area contributed by atoms with Crippen molar-refractivity contribution in [1.29, 1.82) is 0 Å². The van der Waals surface area contributed by atoms with Gasteiger partial charge in [0.05, 0.1) is 26.5 Å². The van der Waals surface area contributed by atoms with Gasteiger partial charge in [0.2, 0.25) is 0 Å². The summed E-state index contributed by atoms with van der Waals surface area (Å²) in [5.41, 5.74) is 3.20. The number of aromatic nitrogens is 1. The Hall–Kier alpha value is -3.72. The number of sulfonamides is 1. The lowest BCUT2D eigenvalue weighted by Gasteiger charge is -2.22. The number of hydrogen-bond acceptors (Lipinski definition) is 5. The Morgan fingerprint density at radius 1 is 0.919 bits per heavy atom. The summed E-state index contributed by atoms with van der Waals surface area (Å²) in [6.45, 7) is 0.361. The standard InChI is InChI=1S/C28H20ClN3O3S2/c29-21-9-6-10-22(18-21)32(28-30-24-12-2-4-14-26(24)36-28)27(33)20-8-5-11-23(17-20)37(34,35)31-16-15-19-7-1-3-13-25(19)31/h1-14,17-18H,15-16H2. The van der Waals surface area contributed by atoms with E-state index < -0.39 is 15.9 Å². The van der Waals surface area contributed by atoms with Crippen molar-refractivity contribution in [2.75, 3.05) is 15.7 Å². The van der Waals surface area contributed by atoms with Crippen LogP contribution in [0.15, 0.2) is 102 Å². The van der Waals surface area contributed by atoms with E-state index in [2.05, 4.69) is 4.98 Å². The number of nitrogens with zero attached hydrogens (tertiary/aromatic N) is 3. The normalized spacial score (nSPS) is 13.1. The second kappa shape index (κ2) is 9.30. The zero-order valence-corrected chi connectivity index (χ0v) is 21.8. The van der Waals surface area contributed by atoms with Crippen LogP contribution in [0.5, 0.6) is 0 Å². The first-order valence-corrected chi connectivity index (χ1v) is 14.2. The number of rotatable bonds is 5. The summed E-state index contributed by atoms with van der Waals surface area (Å²) in [7, 11) is -3.86. The van der Waals surface area contributed by atoms with Crippen LogP contribution in [0.1, 0.15) is 15.9 Å². The molecule has 5 aromatic rings. The van der Waals surface area contributed by atoms with Crippen molar-refractivity contribution in [2.45, 2.75) is 11.3 Å². The number of anilines is 3. The second-order valence-corrected chi connectivity index (χ2v) is 11.9. The SMILES string of the molecule is O=C(c1cccc(S(=O)(=O)N2CCc3ccccc32)c1)N(c1cccc(Cl)c1)c1nc2ccccc2s1. The average Bonchev–Trinajstić information content (AvgIpc) is 3.54. The lowest BCUT2D eigenvalue weighted by molar-refractivity contribution is 0.0999. The van der Waals surface area contributed by atoms with Gasteiger partial charge in [-0.15, -0.1) is 0 Å². The Morgan fingerprint density at radius 3 is 2.54 bits per heavy atom. The fraction of sp³-hybridized carbons (Fsp3) is 0.0714. The van der Waals surface area contributed by atoms with Crippen molar-refractivity contribution < 1.29 is 13.2 Å². The van der Waals surface area contributed by atoms with E-state index in [1.807, 2.05) is 48.5 Å². The summed E-state index contributed by atoms with van der Waals surface area (Å²) < 4.78 is 29.6. The topological polar surface area (TPSA) is 70.6 Å². The minimum Gasteiger partial charge on any atom is -0.268 e. The molecule has 1 aliphatic heterocycles. The fourth-order valence-electron chi connectivity index (χ4n) is 4.49. The molecule has 6 rings (SSSR count). The van der Waals surface area contributed by atoms with Crippen LogP contribution >= 0.6 is 22.9 Å². The zero-order chi connectivity index (χ0) is 25.6. The monoisotopic (exact) mass is 545 g/mol. The van der Waals surface area contributed by atoms with Crippen molar-refractivity contribution in [3.63, 3.8) is 0 Å². The first kappa shape index (κ1) is 23.7. The third kappa shape index (κ3) is 4.27. The van der Waals surface area contributed by atoms with E-state index in [0.29, 0.717) is 34.5 Å². The van der Waals surface area contributed by atoms with Gasteiger partial charge in [-0.3, -0.25) is 14.0 Å². The van der Waals surface area contributed by atoms with Crippen LogP contribution in [0.3, 0.4) is 0 Å². The Kier molecular flexibility index (Phi) is 5.95. The molecule has 184 valence electrons. The van der Waals surface area contributed by atoms with Gasteiger partial charge in [-0.1, -0.05) is 65.4 Å². The molecule has 0 fully saturated rings. The Labute approximate surface area is 223 Å². The molecule has 0 bridgehead atoms. The maximum atomic E-state index is 14.0. The Morgan fingerprint density at radius 2 is 1.70 bits per heavy atom. The molecule has 6 nitrogen and oxygen atoms in total. The van der Waals surface area contributed by atoms with Gasteiger partial charge in [0, 0.05) is 17.1 Å². The highest BCUT2D eigenvalue weighted by Crippen LogP contribution is 2.36. The van der Waals surface area contributed by atoms with Crippen LogP contribution < -0.4 is 9.21 Å². The molecule has 1 amide bonds. The van der Waals surface area contributed by atoms with Crippen molar-refractivity contribution in [1.82, 2.24) is 4.98 Å². The van der Waals surface area contributed by atoms with Gasteiger partial charge in [0.1, 0.15) is 0 Å². The highest BCUT2D eigenvalue weighted by molar-refractivity contribution is 7.92. The predicted molar refractivity (Wildman–Crippen MR) is 149 cm³/mol. The van der Waals surface area contributed by atoms with E-state index in [4.69, 9.17) is 11.6 Å². The highest BCUT2D eigenvalue weighted by Gasteiger charge is 2.32. The third-order valence-electron chi connectivity index (χ3n) is 6.26. The quantitative estimate of drug-likeness (QED) is 0.247. The third-order valence-corrected chi connectivity index (χ3v) is 9.32. The summed E-state index contributed by atoms with van der Waals surface area (Å²) >= 11 is 7.64. The molecule has 0 spiro atoms. The molecule has 0 atom stereocenters. The maximum Gasteiger partial charge on any atom is 0.264 e. The molecular weight excluding hydrogens is 526 g/mol. The molecule has 4 aromatic carbocycles. The van der Waals surface area contributed by atoms with E-state index in [0.717, 1.165) is 15.8 Å². The number of carbonyl (C=O) groups is 1. The van der Waals surface area contributed by atoms with Gasteiger partial charge in [0.15, 0.2) is 5.13 Å². The number of hydrogen-bond donors (Lipinski definition) is 0. The maximum absolute atomic E-state index is 14.0. The van der Waals surface area contributed by atoms with E-state index >= 15 is 0 Å². The fourth-order valence-corrected chi connectivity index (χ4v) is 7.21. The van der Waals surface area contributed by atoms with Crippen LogP contribution in [-0.4, -0.2) is 25.9 Å². The molecule has 1 aromatic heterocycles. The lowest BCUT2D eigenvalue weighted by atomic mass is 10.2. The van der Waals surface area contributed by atoms with Gasteiger partial charge < -0.3 is 0 Å². The van der Waals surface area contributed by atoms with Crippen LogP contribution in [0, 0.1) is 0 Å². The van der Waals surface area contributed by atoms with Gasteiger partial charge in [0.25, 0.3) is 15.9 Å². The minimum atomic E-state index is -3.86. The van der Waals surface area contributed by atoms with Crippen LogP contribution in [0.25, 0.3) is 10.2 Å². The number of benzene rings is 4. The van der Waals surface area contributed by atoms with Gasteiger partial charge in [-0.25, -0.2) is 13.4 Å². The molecule has 0 unspecified atom stereocenters. The van der Waals surface area contributed by atoms with Crippen LogP contribution in [0.2, 0.25) is 5.02 Å². The largest absolute Gasteiger partial charge is 0.268 e. The van der Waals surface area contributed by atoms with E-state index in [1.54, 1.807) is 36.4 Å². The second-order valence-electron chi connectivity index (χ2n) is 8.57. The number of carbonyl (C=O) groups excluding carboxylic acids is 1. The number of thiazole rings is 1. The summed E-state index contributed by atoms with van der Waals surface area (Å²) in [4.78, 5) is 20.2. The molecule has 0 N–H and O–H groups in total. The minimum absolute atomic E-state index is 0.0606. The van der Waals surface area contributed by atoms with Crippen molar-refractivity contribution in [3.05, 3.63) is 113 Å². The molecule has 2 heterocycles. The average molecular weight is 546 g/mol. The van der Waals surface area contributed by atoms with Crippen LogP contribution in [0.4, 0.5) is 16.5 Å². The first-order chi connectivity index (χ1) is 17.9. The molecule has 1 aliphatic rings. The molecule has 0 saturated carbocycles. The van der Waals surface area contributed by atoms with Crippen molar-refractivity contribution in [3.8, 4) is 0 Å². The molecular formula is C28H20ClN3O3S2. The summed E-state index contributed by atoms with van der Waals surface area (Å²) in [5, 5.41) is 0.940. The van der Waals surface area contributed by atoms with E-state index in [-0.39, 0.29) is 10.5 Å². The smallest absolute Gasteiger partial charge is 0.264 e. The predicted octanol–water partition coefficient (Wildman–Crippen LogP) is 6.68. The van der Waals surface area contributed by atoms with Crippen molar-refractivity contribution >= 4 is 65.6 Å².